The molecule has 0 spiro atoms. The molecule has 2 N–H and O–H groups in total. The number of benzene rings is 1. The Hall–Kier alpha value is -1.75. The molecule has 1 aliphatic carbocycles. The summed E-state index contributed by atoms with van der Waals surface area (Å²) in [5.74, 6) is 1.87. The molecule has 0 aromatic heterocycles. The molecule has 0 heterocycles. The van der Waals surface area contributed by atoms with E-state index < -0.39 is 0 Å². The zero-order valence-electron chi connectivity index (χ0n) is 16.6. The summed E-state index contributed by atoms with van der Waals surface area (Å²) in [6, 6.07) is 8.45. The molecule has 146 valence electrons. The van der Waals surface area contributed by atoms with Gasteiger partial charge in [0.15, 0.2) is 5.96 Å². The molecule has 0 radical (unpaired) electrons. The van der Waals surface area contributed by atoms with Gasteiger partial charge in [0.2, 0.25) is 0 Å². The van der Waals surface area contributed by atoms with E-state index in [2.05, 4.69) is 33.8 Å². The molecular weight excluding hydrogens is 326 g/mol. The summed E-state index contributed by atoms with van der Waals surface area (Å²) < 4.78 is 11.0. The zero-order chi connectivity index (χ0) is 18.7. The van der Waals surface area contributed by atoms with Gasteiger partial charge in [0.1, 0.15) is 5.75 Å². The van der Waals surface area contributed by atoms with Crippen LogP contribution in [0.5, 0.6) is 5.75 Å². The lowest BCUT2D eigenvalue weighted by atomic mass is 9.78. The fourth-order valence-corrected chi connectivity index (χ4v) is 3.83. The third-order valence-electron chi connectivity index (χ3n) is 5.27. The van der Waals surface area contributed by atoms with Crippen molar-refractivity contribution in [3.63, 3.8) is 0 Å². The number of rotatable bonds is 10. The Morgan fingerprint density at radius 1 is 1.15 bits per heavy atom. The second-order valence-corrected chi connectivity index (χ2v) is 6.94. The van der Waals surface area contributed by atoms with Crippen LogP contribution in [0.1, 0.15) is 51.0 Å². The molecule has 0 bridgehead atoms. The lowest BCUT2D eigenvalue weighted by Gasteiger charge is -2.32. The van der Waals surface area contributed by atoms with Crippen molar-refractivity contribution in [1.82, 2.24) is 10.6 Å². The molecule has 1 aromatic rings. The first kappa shape index (κ1) is 20.6. The Labute approximate surface area is 158 Å². The third-order valence-corrected chi connectivity index (χ3v) is 5.27. The summed E-state index contributed by atoms with van der Waals surface area (Å²) in [6.07, 6.45) is 7.06. The van der Waals surface area contributed by atoms with Crippen LogP contribution in [0.4, 0.5) is 0 Å². The van der Waals surface area contributed by atoms with E-state index >= 15 is 0 Å². The van der Waals surface area contributed by atoms with Crippen molar-refractivity contribution in [1.29, 1.82) is 0 Å². The van der Waals surface area contributed by atoms with E-state index in [-0.39, 0.29) is 5.41 Å². The summed E-state index contributed by atoms with van der Waals surface area (Å²) in [5.41, 5.74) is 1.44. The molecule has 0 unspecified atom stereocenters. The van der Waals surface area contributed by atoms with Crippen LogP contribution >= 0.6 is 0 Å². The van der Waals surface area contributed by atoms with Crippen LogP contribution in [0.2, 0.25) is 0 Å². The van der Waals surface area contributed by atoms with Crippen molar-refractivity contribution in [2.45, 2.75) is 50.9 Å². The van der Waals surface area contributed by atoms with Gasteiger partial charge < -0.3 is 20.1 Å². The van der Waals surface area contributed by atoms with Gasteiger partial charge in [-0.05, 0) is 38.7 Å². The van der Waals surface area contributed by atoms with Crippen LogP contribution in [0.15, 0.2) is 29.3 Å². The molecule has 0 aliphatic heterocycles. The monoisotopic (exact) mass is 361 g/mol. The smallest absolute Gasteiger partial charge is 0.191 e. The number of ether oxygens (including phenoxy) is 2. The van der Waals surface area contributed by atoms with Gasteiger partial charge in [0.25, 0.3) is 0 Å². The van der Waals surface area contributed by atoms with Crippen LogP contribution in [0.3, 0.4) is 0 Å². The Bertz CT molecular complexity index is 554. The summed E-state index contributed by atoms with van der Waals surface area (Å²) >= 11 is 0. The van der Waals surface area contributed by atoms with Crippen molar-refractivity contribution in [2.24, 2.45) is 4.99 Å². The molecule has 1 aliphatic rings. The fraction of sp³-hybridized carbons (Fsp3) is 0.667. The normalized spacial score (nSPS) is 16.5. The lowest BCUT2D eigenvalue weighted by molar-refractivity contribution is 0.143. The number of unbranched alkanes of at least 4 members (excludes halogenated alkanes) is 1. The Morgan fingerprint density at radius 2 is 1.92 bits per heavy atom. The number of guanidine groups is 1. The first-order chi connectivity index (χ1) is 12.8. The minimum Gasteiger partial charge on any atom is -0.496 e. The Balaban J connectivity index is 1.91. The fourth-order valence-electron chi connectivity index (χ4n) is 3.83. The molecule has 26 heavy (non-hydrogen) atoms. The molecule has 0 atom stereocenters. The SMILES string of the molecule is CCOCCCCNC(=NC)NCC1(c2ccccc2OC)CCCC1. The molecule has 5 nitrogen and oxygen atoms in total. The number of nitrogens with zero attached hydrogens (tertiary/aromatic N) is 1. The Kier molecular flexibility index (Phi) is 8.75. The summed E-state index contributed by atoms with van der Waals surface area (Å²) in [5, 5.41) is 6.98. The highest BCUT2D eigenvalue weighted by Crippen LogP contribution is 2.44. The maximum atomic E-state index is 5.64. The predicted molar refractivity (Wildman–Crippen MR) is 108 cm³/mol. The molecular formula is C21H35N3O2. The highest BCUT2D eigenvalue weighted by molar-refractivity contribution is 5.79. The van der Waals surface area contributed by atoms with Crippen LogP contribution in [0, 0.1) is 0 Å². The van der Waals surface area contributed by atoms with E-state index in [1.54, 1.807) is 7.11 Å². The molecule has 1 fully saturated rings. The predicted octanol–water partition coefficient (Wildman–Crippen LogP) is 3.49. The molecule has 0 saturated heterocycles. The average Bonchev–Trinajstić information content (AvgIpc) is 3.17. The van der Waals surface area contributed by atoms with Gasteiger partial charge in [-0.25, -0.2) is 0 Å². The van der Waals surface area contributed by atoms with Gasteiger partial charge in [-0.15, -0.1) is 0 Å². The third kappa shape index (κ3) is 5.63. The molecule has 5 heteroatoms. The van der Waals surface area contributed by atoms with E-state index in [0.717, 1.165) is 50.9 Å². The van der Waals surface area contributed by atoms with Crippen molar-refractivity contribution in [2.75, 3.05) is 40.5 Å². The number of methoxy groups -OCH3 is 1. The number of para-hydroxylation sites is 1. The van der Waals surface area contributed by atoms with E-state index in [9.17, 15) is 0 Å². The first-order valence-corrected chi connectivity index (χ1v) is 9.91. The summed E-state index contributed by atoms with van der Waals surface area (Å²) in [7, 11) is 3.59. The lowest BCUT2D eigenvalue weighted by Crippen LogP contribution is -2.45. The van der Waals surface area contributed by atoms with Gasteiger partial charge in [-0.3, -0.25) is 4.99 Å². The number of nitrogens with one attached hydrogen (secondary N) is 2. The van der Waals surface area contributed by atoms with Gasteiger partial charge in [0.05, 0.1) is 7.11 Å². The largest absolute Gasteiger partial charge is 0.496 e. The molecule has 1 saturated carbocycles. The highest BCUT2D eigenvalue weighted by atomic mass is 16.5. The average molecular weight is 362 g/mol. The van der Waals surface area contributed by atoms with Gasteiger partial charge in [-0.1, -0.05) is 31.0 Å². The maximum Gasteiger partial charge on any atom is 0.191 e. The van der Waals surface area contributed by atoms with E-state index in [0.29, 0.717) is 0 Å². The molecule has 1 aromatic carbocycles. The number of aliphatic imine (C=N–C) groups is 1. The minimum absolute atomic E-state index is 0.124. The second kappa shape index (κ2) is 11.1. The topological polar surface area (TPSA) is 54.9 Å². The number of hydrogen-bond donors (Lipinski definition) is 2. The van der Waals surface area contributed by atoms with Crippen LogP contribution in [-0.4, -0.2) is 46.4 Å². The van der Waals surface area contributed by atoms with E-state index in [4.69, 9.17) is 9.47 Å². The maximum absolute atomic E-state index is 5.64. The van der Waals surface area contributed by atoms with Crippen molar-refractivity contribution < 1.29 is 9.47 Å². The highest BCUT2D eigenvalue weighted by Gasteiger charge is 2.37. The van der Waals surface area contributed by atoms with Crippen molar-refractivity contribution >= 4 is 5.96 Å². The number of hydrogen-bond acceptors (Lipinski definition) is 3. The van der Waals surface area contributed by atoms with Crippen molar-refractivity contribution in [3.8, 4) is 5.75 Å². The van der Waals surface area contributed by atoms with Crippen LogP contribution in [0.25, 0.3) is 0 Å². The minimum atomic E-state index is 0.124. The van der Waals surface area contributed by atoms with Gasteiger partial charge in [0, 0.05) is 44.3 Å². The van der Waals surface area contributed by atoms with Crippen molar-refractivity contribution in [3.05, 3.63) is 29.8 Å². The zero-order valence-corrected chi connectivity index (χ0v) is 16.6. The summed E-state index contributed by atoms with van der Waals surface area (Å²) in [6.45, 7) is 5.45. The summed E-state index contributed by atoms with van der Waals surface area (Å²) in [4.78, 5) is 4.38. The quantitative estimate of drug-likeness (QED) is 0.380. The molecule has 0 amide bonds. The standard InChI is InChI=1S/C21H35N3O2/c1-4-26-16-10-9-15-23-20(22-2)24-17-21(13-7-8-14-21)18-11-5-6-12-19(18)25-3/h5-6,11-12H,4,7-10,13-17H2,1-3H3,(H2,22,23,24). The van der Waals surface area contributed by atoms with Crippen LogP contribution < -0.4 is 15.4 Å². The first-order valence-electron chi connectivity index (χ1n) is 9.91. The van der Waals surface area contributed by atoms with Crippen LogP contribution in [-0.2, 0) is 10.2 Å². The van der Waals surface area contributed by atoms with E-state index in [1.807, 2.05) is 20.0 Å². The Morgan fingerprint density at radius 3 is 2.62 bits per heavy atom. The molecule has 2 rings (SSSR count). The van der Waals surface area contributed by atoms with Gasteiger partial charge >= 0.3 is 0 Å². The van der Waals surface area contributed by atoms with E-state index in [1.165, 1.54) is 31.2 Å². The van der Waals surface area contributed by atoms with Gasteiger partial charge in [-0.2, -0.15) is 0 Å². The second-order valence-electron chi connectivity index (χ2n) is 6.94.